The molecule has 1 aromatic carbocycles. The lowest BCUT2D eigenvalue weighted by Gasteiger charge is -2.40. The van der Waals surface area contributed by atoms with Gasteiger partial charge in [-0.25, -0.2) is 0 Å². The van der Waals surface area contributed by atoms with E-state index in [0.717, 1.165) is 31.7 Å². The molecule has 4 heteroatoms. The van der Waals surface area contributed by atoms with Crippen LogP contribution in [-0.4, -0.2) is 44.4 Å². The van der Waals surface area contributed by atoms with Crippen LogP contribution >= 0.6 is 0 Å². The van der Waals surface area contributed by atoms with Crippen LogP contribution in [0.2, 0.25) is 0 Å². The van der Waals surface area contributed by atoms with Gasteiger partial charge in [0.25, 0.3) is 0 Å². The summed E-state index contributed by atoms with van der Waals surface area (Å²) in [7, 11) is 3.50. The molecule has 4 nitrogen and oxygen atoms in total. The average molecular weight is 278 g/mol. The molecule has 20 heavy (non-hydrogen) atoms. The first-order valence-corrected chi connectivity index (χ1v) is 7.32. The molecule has 1 aliphatic rings. The number of benzene rings is 1. The van der Waals surface area contributed by atoms with Crippen LogP contribution in [0.1, 0.15) is 31.4 Å². The maximum Gasteiger partial charge on any atom is 0.123 e. The van der Waals surface area contributed by atoms with Gasteiger partial charge < -0.3 is 15.2 Å². The molecule has 0 radical (unpaired) electrons. The van der Waals surface area contributed by atoms with Crippen molar-refractivity contribution in [3.05, 3.63) is 29.8 Å². The molecule has 0 aromatic heterocycles. The molecule has 0 spiro atoms. The largest absolute Gasteiger partial charge is 0.496 e. The average Bonchev–Trinajstić information content (AvgIpc) is 2.48. The van der Waals surface area contributed by atoms with E-state index >= 15 is 0 Å². The van der Waals surface area contributed by atoms with Crippen molar-refractivity contribution in [2.24, 2.45) is 5.73 Å². The van der Waals surface area contributed by atoms with E-state index in [1.54, 1.807) is 14.2 Å². The number of rotatable bonds is 5. The number of ether oxygens (including phenoxy) is 2. The molecule has 1 saturated heterocycles. The van der Waals surface area contributed by atoms with Gasteiger partial charge in [-0.15, -0.1) is 0 Å². The van der Waals surface area contributed by atoms with E-state index < -0.39 is 0 Å². The molecule has 3 unspecified atom stereocenters. The van der Waals surface area contributed by atoms with E-state index in [2.05, 4.69) is 17.9 Å². The van der Waals surface area contributed by atoms with Crippen molar-refractivity contribution in [3.8, 4) is 5.75 Å². The number of hydrogen-bond donors (Lipinski definition) is 1. The molecule has 0 amide bonds. The summed E-state index contributed by atoms with van der Waals surface area (Å²) in [6.45, 7) is 4.05. The fraction of sp³-hybridized carbons (Fsp3) is 0.625. The molecule has 1 fully saturated rings. The van der Waals surface area contributed by atoms with E-state index in [-0.39, 0.29) is 12.1 Å². The third-order valence-corrected chi connectivity index (χ3v) is 4.09. The van der Waals surface area contributed by atoms with E-state index in [0.29, 0.717) is 6.10 Å². The normalized spacial score (nSPS) is 23.3. The maximum absolute atomic E-state index is 6.27. The Morgan fingerprint density at radius 3 is 2.70 bits per heavy atom. The highest BCUT2D eigenvalue weighted by molar-refractivity contribution is 5.36. The van der Waals surface area contributed by atoms with E-state index in [9.17, 15) is 0 Å². The first-order valence-electron chi connectivity index (χ1n) is 7.32. The molecule has 0 saturated carbocycles. The Labute approximate surface area is 121 Å². The Kier molecular flexibility index (Phi) is 5.40. The lowest BCUT2D eigenvalue weighted by molar-refractivity contribution is 0.00990. The lowest BCUT2D eigenvalue weighted by Crippen LogP contribution is -2.46. The summed E-state index contributed by atoms with van der Waals surface area (Å²) in [4.78, 5) is 2.43. The van der Waals surface area contributed by atoms with Crippen molar-refractivity contribution < 1.29 is 9.47 Å². The van der Waals surface area contributed by atoms with Crippen molar-refractivity contribution >= 4 is 0 Å². The molecule has 2 N–H and O–H groups in total. The summed E-state index contributed by atoms with van der Waals surface area (Å²) in [5, 5.41) is 0. The van der Waals surface area contributed by atoms with Gasteiger partial charge in [-0.2, -0.15) is 0 Å². The van der Waals surface area contributed by atoms with Gasteiger partial charge in [-0.3, -0.25) is 4.90 Å². The predicted octanol–water partition coefficient (Wildman–Crippen LogP) is 2.19. The van der Waals surface area contributed by atoms with Crippen molar-refractivity contribution in [1.82, 2.24) is 4.90 Å². The highest BCUT2D eigenvalue weighted by atomic mass is 16.5. The number of hydrogen-bond acceptors (Lipinski definition) is 4. The second-order valence-electron chi connectivity index (χ2n) is 5.54. The van der Waals surface area contributed by atoms with Gasteiger partial charge in [-0.05, 0) is 32.4 Å². The minimum atomic E-state index is 0.0434. The van der Waals surface area contributed by atoms with E-state index in [1.807, 2.05) is 18.2 Å². The predicted molar refractivity (Wildman–Crippen MR) is 81.0 cm³/mol. The maximum atomic E-state index is 6.27. The number of nitrogens with zero attached hydrogens (tertiary/aromatic N) is 1. The van der Waals surface area contributed by atoms with Gasteiger partial charge in [0.1, 0.15) is 5.75 Å². The molecule has 1 heterocycles. The van der Waals surface area contributed by atoms with Crippen molar-refractivity contribution in [2.75, 3.05) is 27.3 Å². The van der Waals surface area contributed by atoms with Gasteiger partial charge in [0, 0.05) is 25.3 Å². The lowest BCUT2D eigenvalue weighted by atomic mass is 9.95. The molecular formula is C16H26N2O2. The minimum absolute atomic E-state index is 0.0434. The standard InChI is InChI=1S/C16H26N2O2/c1-12(17)16(14-8-4-5-9-15(14)20-3)18-10-6-7-13(11-18)19-2/h4-5,8-9,12-13,16H,6-7,10-11,17H2,1-3H3. The smallest absolute Gasteiger partial charge is 0.123 e. The van der Waals surface area contributed by atoms with Gasteiger partial charge >= 0.3 is 0 Å². The van der Waals surface area contributed by atoms with Gasteiger partial charge in [0.15, 0.2) is 0 Å². The first kappa shape index (κ1) is 15.3. The first-order chi connectivity index (χ1) is 9.67. The molecule has 112 valence electrons. The zero-order valence-electron chi connectivity index (χ0n) is 12.7. The summed E-state index contributed by atoms with van der Waals surface area (Å²) in [6.07, 6.45) is 2.58. The molecule has 2 rings (SSSR count). The van der Waals surface area contributed by atoms with Crippen LogP contribution in [0.3, 0.4) is 0 Å². The molecule has 3 atom stereocenters. The van der Waals surface area contributed by atoms with Crippen LogP contribution in [0.15, 0.2) is 24.3 Å². The van der Waals surface area contributed by atoms with Crippen LogP contribution in [0.4, 0.5) is 0 Å². The number of piperidine rings is 1. The van der Waals surface area contributed by atoms with E-state index in [4.69, 9.17) is 15.2 Å². The Bertz CT molecular complexity index is 423. The summed E-state index contributed by atoms with van der Waals surface area (Å²) in [5.74, 6) is 0.911. The Hall–Kier alpha value is -1.10. The van der Waals surface area contributed by atoms with Crippen LogP contribution < -0.4 is 10.5 Å². The van der Waals surface area contributed by atoms with Crippen molar-refractivity contribution in [3.63, 3.8) is 0 Å². The van der Waals surface area contributed by atoms with E-state index in [1.165, 1.54) is 5.56 Å². The van der Waals surface area contributed by atoms with Crippen LogP contribution in [0.5, 0.6) is 5.75 Å². The second-order valence-corrected chi connectivity index (χ2v) is 5.54. The number of nitrogens with two attached hydrogens (primary N) is 1. The monoisotopic (exact) mass is 278 g/mol. The summed E-state index contributed by atoms with van der Waals surface area (Å²) in [6, 6.07) is 8.37. The zero-order valence-corrected chi connectivity index (χ0v) is 12.7. The second kappa shape index (κ2) is 7.07. The molecule has 0 aliphatic carbocycles. The number of para-hydroxylation sites is 1. The third kappa shape index (κ3) is 3.32. The molecular weight excluding hydrogens is 252 g/mol. The van der Waals surface area contributed by atoms with Crippen molar-refractivity contribution in [2.45, 2.75) is 38.0 Å². The molecule has 1 aromatic rings. The fourth-order valence-corrected chi connectivity index (χ4v) is 3.13. The fourth-order valence-electron chi connectivity index (χ4n) is 3.13. The number of likely N-dealkylation sites (tertiary alicyclic amines) is 1. The quantitative estimate of drug-likeness (QED) is 0.897. The number of methoxy groups -OCH3 is 2. The molecule has 1 aliphatic heterocycles. The Balaban J connectivity index is 2.26. The minimum Gasteiger partial charge on any atom is -0.496 e. The topological polar surface area (TPSA) is 47.7 Å². The summed E-state index contributed by atoms with van der Waals surface area (Å²) < 4.78 is 11.0. The molecule has 0 bridgehead atoms. The zero-order chi connectivity index (χ0) is 14.5. The van der Waals surface area contributed by atoms with Crippen molar-refractivity contribution in [1.29, 1.82) is 0 Å². The third-order valence-electron chi connectivity index (χ3n) is 4.09. The van der Waals surface area contributed by atoms with Crippen LogP contribution in [0, 0.1) is 0 Å². The summed E-state index contributed by atoms with van der Waals surface area (Å²) in [5.41, 5.74) is 7.44. The highest BCUT2D eigenvalue weighted by Gasteiger charge is 2.30. The Morgan fingerprint density at radius 1 is 1.30 bits per heavy atom. The summed E-state index contributed by atoms with van der Waals surface area (Å²) >= 11 is 0. The van der Waals surface area contributed by atoms with Crippen LogP contribution in [-0.2, 0) is 4.74 Å². The highest BCUT2D eigenvalue weighted by Crippen LogP contribution is 2.33. The van der Waals surface area contributed by atoms with Gasteiger partial charge in [0.2, 0.25) is 0 Å². The van der Waals surface area contributed by atoms with Gasteiger partial charge in [0.05, 0.1) is 19.3 Å². The van der Waals surface area contributed by atoms with Crippen LogP contribution in [0.25, 0.3) is 0 Å². The SMILES string of the molecule is COc1ccccc1C(C(C)N)N1CCCC(OC)C1. The van der Waals surface area contributed by atoms with Gasteiger partial charge in [-0.1, -0.05) is 18.2 Å². The Morgan fingerprint density at radius 2 is 2.05 bits per heavy atom.